The molecule has 0 saturated heterocycles. The van der Waals surface area contributed by atoms with E-state index in [0.717, 1.165) is 39.5 Å². The van der Waals surface area contributed by atoms with Crippen LogP contribution < -0.4 is 11.1 Å². The molecule has 4 N–H and O–H groups in total. The van der Waals surface area contributed by atoms with Gasteiger partial charge in [-0.25, -0.2) is 0 Å². The van der Waals surface area contributed by atoms with E-state index in [9.17, 15) is 5.11 Å². The Hall–Kier alpha value is -0.100. The highest BCUT2D eigenvalue weighted by Crippen LogP contribution is 2.28. The average molecular weight is 378 g/mol. The minimum absolute atomic E-state index is 0.191. The van der Waals surface area contributed by atoms with Crippen molar-refractivity contribution in [2.24, 2.45) is 0 Å². The molecule has 0 bridgehead atoms. The second-order valence-electron chi connectivity index (χ2n) is 4.80. The molecule has 1 aromatic carbocycles. The maximum Gasteiger partial charge on any atom is 0.0693 e. The van der Waals surface area contributed by atoms with Gasteiger partial charge in [0.25, 0.3) is 0 Å². The van der Waals surface area contributed by atoms with Crippen molar-refractivity contribution in [2.45, 2.75) is 44.4 Å². The number of hydrogen-bond donors (Lipinski definition) is 3. The van der Waals surface area contributed by atoms with Crippen LogP contribution in [-0.4, -0.2) is 17.3 Å². The molecule has 100 valence electrons. The normalized spacial score (nSPS) is 24.2. The van der Waals surface area contributed by atoms with Crippen molar-refractivity contribution < 1.29 is 5.11 Å². The molecule has 3 nitrogen and oxygen atoms in total. The fraction of sp³-hybridized carbons (Fsp3) is 0.538. The molecule has 1 aliphatic carbocycles. The summed E-state index contributed by atoms with van der Waals surface area (Å²) >= 11 is 6.90. The summed E-state index contributed by atoms with van der Waals surface area (Å²) in [5.41, 5.74) is 7.84. The number of rotatable bonds is 3. The summed E-state index contributed by atoms with van der Waals surface area (Å²) in [4.78, 5) is 0. The first-order chi connectivity index (χ1) is 8.58. The smallest absolute Gasteiger partial charge is 0.0693 e. The molecular weight excluding hydrogens is 360 g/mol. The highest BCUT2D eigenvalue weighted by Gasteiger charge is 2.22. The van der Waals surface area contributed by atoms with Crippen LogP contribution in [0.1, 0.15) is 31.2 Å². The van der Waals surface area contributed by atoms with Crippen LogP contribution in [0.2, 0.25) is 0 Å². The molecule has 18 heavy (non-hydrogen) atoms. The van der Waals surface area contributed by atoms with E-state index in [1.165, 1.54) is 6.42 Å². The molecule has 2 atom stereocenters. The number of halogens is 2. The molecule has 2 rings (SSSR count). The van der Waals surface area contributed by atoms with Crippen LogP contribution in [0.3, 0.4) is 0 Å². The number of nitrogens with one attached hydrogen (secondary N) is 1. The zero-order valence-electron chi connectivity index (χ0n) is 10.1. The number of aliphatic hydroxyl groups excluding tert-OH is 1. The van der Waals surface area contributed by atoms with Crippen LogP contribution >= 0.6 is 31.9 Å². The molecule has 1 fully saturated rings. The zero-order chi connectivity index (χ0) is 13.1. The van der Waals surface area contributed by atoms with Crippen LogP contribution in [0.5, 0.6) is 0 Å². The Balaban J connectivity index is 2.01. The highest BCUT2D eigenvalue weighted by atomic mass is 79.9. The molecular formula is C13H18Br2N2O. The molecule has 5 heteroatoms. The van der Waals surface area contributed by atoms with Gasteiger partial charge >= 0.3 is 0 Å². The fourth-order valence-corrected chi connectivity index (χ4v) is 3.69. The summed E-state index contributed by atoms with van der Waals surface area (Å²) in [6.45, 7) is 0.686. The Morgan fingerprint density at radius 1 is 1.28 bits per heavy atom. The third-order valence-electron chi connectivity index (χ3n) is 3.46. The Morgan fingerprint density at radius 2 is 2.00 bits per heavy atom. The molecule has 0 aliphatic heterocycles. The Kier molecular flexibility index (Phi) is 5.06. The van der Waals surface area contributed by atoms with E-state index in [4.69, 9.17) is 5.73 Å². The zero-order valence-corrected chi connectivity index (χ0v) is 13.3. The van der Waals surface area contributed by atoms with Crippen molar-refractivity contribution in [1.82, 2.24) is 5.32 Å². The standard InChI is InChI=1S/C13H18Br2N2O/c14-9-5-8(13(16)10(15)6-9)7-17-11-3-1-2-4-12(11)18/h5-6,11-12,17-18H,1-4,7,16H2/t11-,12-/m1/s1. The molecule has 0 heterocycles. The molecule has 0 spiro atoms. The second kappa shape index (κ2) is 6.37. The van der Waals surface area contributed by atoms with Gasteiger partial charge in [-0.15, -0.1) is 0 Å². The minimum atomic E-state index is -0.226. The highest BCUT2D eigenvalue weighted by molar-refractivity contribution is 9.11. The lowest BCUT2D eigenvalue weighted by Crippen LogP contribution is -2.41. The number of hydrogen-bond acceptors (Lipinski definition) is 3. The third kappa shape index (κ3) is 3.47. The molecule has 0 radical (unpaired) electrons. The molecule has 1 aliphatic rings. The van der Waals surface area contributed by atoms with Gasteiger partial charge in [0.1, 0.15) is 0 Å². The van der Waals surface area contributed by atoms with Crippen LogP contribution in [0.25, 0.3) is 0 Å². The number of benzene rings is 1. The van der Waals surface area contributed by atoms with E-state index in [0.29, 0.717) is 6.54 Å². The quantitative estimate of drug-likeness (QED) is 0.709. The van der Waals surface area contributed by atoms with Crippen molar-refractivity contribution >= 4 is 37.5 Å². The molecule has 1 saturated carbocycles. The van der Waals surface area contributed by atoms with Gasteiger partial charge in [-0.05, 0) is 46.5 Å². The van der Waals surface area contributed by atoms with E-state index in [1.54, 1.807) is 0 Å². The lowest BCUT2D eigenvalue weighted by Gasteiger charge is -2.28. The number of nitrogen functional groups attached to an aromatic ring is 1. The van der Waals surface area contributed by atoms with Crippen molar-refractivity contribution in [3.63, 3.8) is 0 Å². The van der Waals surface area contributed by atoms with Crippen molar-refractivity contribution in [3.8, 4) is 0 Å². The number of aliphatic hydroxyl groups is 1. The number of nitrogens with two attached hydrogens (primary N) is 1. The monoisotopic (exact) mass is 376 g/mol. The van der Waals surface area contributed by atoms with Gasteiger partial charge in [0.2, 0.25) is 0 Å². The van der Waals surface area contributed by atoms with Crippen molar-refractivity contribution in [1.29, 1.82) is 0 Å². The van der Waals surface area contributed by atoms with E-state index >= 15 is 0 Å². The maximum atomic E-state index is 9.91. The average Bonchev–Trinajstić information content (AvgIpc) is 2.33. The molecule has 1 aromatic rings. The van der Waals surface area contributed by atoms with Crippen LogP contribution in [0, 0.1) is 0 Å². The predicted molar refractivity (Wildman–Crippen MR) is 81.4 cm³/mol. The SMILES string of the molecule is Nc1c(Br)cc(Br)cc1CN[C@@H]1CCCC[C@H]1O. The summed E-state index contributed by atoms with van der Waals surface area (Å²) in [7, 11) is 0. The van der Waals surface area contributed by atoms with Crippen molar-refractivity contribution in [2.75, 3.05) is 5.73 Å². The number of anilines is 1. The second-order valence-corrected chi connectivity index (χ2v) is 6.57. The summed E-state index contributed by atoms with van der Waals surface area (Å²) in [6, 6.07) is 4.15. The van der Waals surface area contributed by atoms with Gasteiger partial charge in [-0.2, -0.15) is 0 Å². The van der Waals surface area contributed by atoms with E-state index in [-0.39, 0.29) is 12.1 Å². The Morgan fingerprint density at radius 3 is 2.72 bits per heavy atom. The van der Waals surface area contributed by atoms with Crippen LogP contribution in [0.15, 0.2) is 21.1 Å². The van der Waals surface area contributed by atoms with Crippen molar-refractivity contribution in [3.05, 3.63) is 26.6 Å². The maximum absolute atomic E-state index is 9.91. The first-order valence-corrected chi connectivity index (χ1v) is 7.81. The molecule has 0 unspecified atom stereocenters. The van der Waals surface area contributed by atoms with Gasteiger partial charge in [0.15, 0.2) is 0 Å². The first-order valence-electron chi connectivity index (χ1n) is 6.23. The summed E-state index contributed by atoms with van der Waals surface area (Å²) in [5, 5.41) is 13.3. The van der Waals surface area contributed by atoms with Gasteiger partial charge < -0.3 is 16.2 Å². The Labute approximate surface area is 124 Å². The van der Waals surface area contributed by atoms with E-state index in [1.807, 2.05) is 12.1 Å². The fourth-order valence-electron chi connectivity index (χ4n) is 2.37. The summed E-state index contributed by atoms with van der Waals surface area (Å²) < 4.78 is 1.91. The van der Waals surface area contributed by atoms with Gasteiger partial charge in [-0.1, -0.05) is 28.8 Å². The third-order valence-corrected chi connectivity index (χ3v) is 4.58. The van der Waals surface area contributed by atoms with Gasteiger partial charge in [-0.3, -0.25) is 0 Å². The predicted octanol–water partition coefficient (Wildman–Crippen LogP) is 3.19. The molecule has 0 aromatic heterocycles. The largest absolute Gasteiger partial charge is 0.398 e. The lowest BCUT2D eigenvalue weighted by molar-refractivity contribution is 0.0903. The summed E-state index contributed by atoms with van der Waals surface area (Å²) in [6.07, 6.45) is 4.03. The topological polar surface area (TPSA) is 58.3 Å². The van der Waals surface area contributed by atoms with E-state index < -0.39 is 0 Å². The summed E-state index contributed by atoms with van der Waals surface area (Å²) in [5.74, 6) is 0. The molecule has 0 amide bonds. The first kappa shape index (κ1) is 14.3. The van der Waals surface area contributed by atoms with Crippen LogP contribution in [0.4, 0.5) is 5.69 Å². The van der Waals surface area contributed by atoms with Crippen LogP contribution in [-0.2, 0) is 6.54 Å². The Bertz CT molecular complexity index is 426. The van der Waals surface area contributed by atoms with Gasteiger partial charge in [0.05, 0.1) is 11.8 Å². The lowest BCUT2D eigenvalue weighted by atomic mass is 9.92. The van der Waals surface area contributed by atoms with Gasteiger partial charge in [0, 0.05) is 21.5 Å². The minimum Gasteiger partial charge on any atom is -0.398 e. The van der Waals surface area contributed by atoms with E-state index in [2.05, 4.69) is 37.2 Å².